The van der Waals surface area contributed by atoms with E-state index >= 15 is 0 Å². The van der Waals surface area contributed by atoms with Gasteiger partial charge in [0.15, 0.2) is 5.65 Å². The van der Waals surface area contributed by atoms with Crippen molar-refractivity contribution in [3.8, 4) is 0 Å². The molecule has 0 aliphatic rings. The summed E-state index contributed by atoms with van der Waals surface area (Å²) in [5, 5.41) is 4.25. The lowest BCUT2D eigenvalue weighted by molar-refractivity contribution is 0.736. The summed E-state index contributed by atoms with van der Waals surface area (Å²) >= 11 is 0. The molecule has 1 unspecified atom stereocenters. The van der Waals surface area contributed by atoms with Gasteiger partial charge in [-0.15, -0.1) is 0 Å². The molecule has 0 bridgehead atoms. The summed E-state index contributed by atoms with van der Waals surface area (Å²) in [5.74, 6) is 0.794. The summed E-state index contributed by atoms with van der Waals surface area (Å²) in [6, 6.07) is 4.17. The van der Waals surface area contributed by atoms with Crippen LogP contribution in [0.2, 0.25) is 0 Å². The van der Waals surface area contributed by atoms with Gasteiger partial charge in [0.2, 0.25) is 0 Å². The Balaban J connectivity index is 2.53. The van der Waals surface area contributed by atoms with E-state index in [-0.39, 0.29) is 6.04 Å². The first kappa shape index (κ1) is 9.15. The molecular weight excluding hydrogens is 176 g/mol. The van der Waals surface area contributed by atoms with Crippen LogP contribution >= 0.6 is 0 Å². The molecule has 4 nitrogen and oxygen atoms in total. The van der Waals surface area contributed by atoms with Gasteiger partial charge < -0.3 is 5.73 Å². The Morgan fingerprint density at radius 2 is 2.36 bits per heavy atom. The molecule has 0 radical (unpaired) electrons. The lowest BCUT2D eigenvalue weighted by Crippen LogP contribution is -2.18. The van der Waals surface area contributed by atoms with Crippen molar-refractivity contribution >= 4 is 5.65 Å². The van der Waals surface area contributed by atoms with Crippen LogP contribution in [0.25, 0.3) is 5.65 Å². The van der Waals surface area contributed by atoms with E-state index in [9.17, 15) is 0 Å². The van der Waals surface area contributed by atoms with Gasteiger partial charge in [-0.05, 0) is 31.9 Å². The van der Waals surface area contributed by atoms with Gasteiger partial charge >= 0.3 is 0 Å². The minimum absolute atomic E-state index is 0.151. The first-order chi connectivity index (χ1) is 6.66. The molecule has 2 aromatic heterocycles. The van der Waals surface area contributed by atoms with Gasteiger partial charge in [-0.1, -0.05) is 6.07 Å². The van der Waals surface area contributed by atoms with Crippen molar-refractivity contribution in [3.63, 3.8) is 0 Å². The molecule has 2 rings (SSSR count). The van der Waals surface area contributed by atoms with Crippen LogP contribution in [0.3, 0.4) is 0 Å². The van der Waals surface area contributed by atoms with Gasteiger partial charge in [0.25, 0.3) is 0 Å². The third-order valence-electron chi connectivity index (χ3n) is 2.09. The fraction of sp³-hybridized carbons (Fsp3) is 0.400. The Morgan fingerprint density at radius 1 is 1.57 bits per heavy atom. The first-order valence-electron chi connectivity index (χ1n) is 4.73. The van der Waals surface area contributed by atoms with Crippen LogP contribution in [0.15, 0.2) is 18.3 Å². The molecule has 0 aliphatic carbocycles. The quantitative estimate of drug-likeness (QED) is 0.766. The Bertz CT molecular complexity index is 444. The minimum atomic E-state index is 0.151. The maximum atomic E-state index is 5.76. The number of hydrogen-bond acceptors (Lipinski definition) is 3. The molecule has 2 heterocycles. The Hall–Kier alpha value is -1.42. The zero-order chi connectivity index (χ0) is 10.1. The number of pyridine rings is 1. The molecule has 4 heteroatoms. The van der Waals surface area contributed by atoms with Crippen LogP contribution in [0.5, 0.6) is 0 Å². The molecule has 0 spiro atoms. The van der Waals surface area contributed by atoms with Crippen LogP contribution in [0.4, 0.5) is 0 Å². The average Bonchev–Trinajstić information content (AvgIpc) is 2.45. The van der Waals surface area contributed by atoms with Crippen molar-refractivity contribution < 1.29 is 0 Å². The van der Waals surface area contributed by atoms with E-state index in [0.29, 0.717) is 0 Å². The maximum absolute atomic E-state index is 5.76. The number of rotatable bonds is 2. The molecule has 2 N–H and O–H groups in total. The van der Waals surface area contributed by atoms with Gasteiger partial charge in [0, 0.05) is 12.2 Å². The van der Waals surface area contributed by atoms with Gasteiger partial charge in [0.1, 0.15) is 5.82 Å². The highest BCUT2D eigenvalue weighted by Gasteiger charge is 2.06. The van der Waals surface area contributed by atoms with Crippen molar-refractivity contribution in [3.05, 3.63) is 29.7 Å². The fourth-order valence-corrected chi connectivity index (χ4v) is 1.57. The predicted octanol–water partition coefficient (Wildman–Crippen LogP) is 0.927. The molecule has 0 aromatic carbocycles. The Labute approximate surface area is 82.8 Å². The molecule has 2 aromatic rings. The lowest BCUT2D eigenvalue weighted by Gasteiger charge is -2.05. The van der Waals surface area contributed by atoms with Crippen molar-refractivity contribution in [2.45, 2.75) is 26.3 Å². The highest BCUT2D eigenvalue weighted by atomic mass is 15.3. The molecule has 14 heavy (non-hydrogen) atoms. The molecule has 0 amide bonds. The summed E-state index contributed by atoms with van der Waals surface area (Å²) in [7, 11) is 0. The highest BCUT2D eigenvalue weighted by Crippen LogP contribution is 2.10. The molecule has 0 saturated carbocycles. The third kappa shape index (κ3) is 1.61. The van der Waals surface area contributed by atoms with Crippen LogP contribution < -0.4 is 5.73 Å². The van der Waals surface area contributed by atoms with Crippen molar-refractivity contribution in [1.82, 2.24) is 14.6 Å². The van der Waals surface area contributed by atoms with Gasteiger partial charge in [-0.3, -0.25) is 0 Å². The van der Waals surface area contributed by atoms with Crippen molar-refractivity contribution in [2.75, 3.05) is 0 Å². The van der Waals surface area contributed by atoms with E-state index in [0.717, 1.165) is 23.5 Å². The van der Waals surface area contributed by atoms with E-state index in [2.05, 4.69) is 10.1 Å². The number of aryl methyl sites for hydroxylation is 1. The molecule has 74 valence electrons. The minimum Gasteiger partial charge on any atom is -0.328 e. The standard InChI is InChI=1S/C10H14N4/c1-7(11)6-9-4-3-5-14-10(9)12-8(2)13-14/h3-5,7H,6,11H2,1-2H3. The third-order valence-corrected chi connectivity index (χ3v) is 2.09. The lowest BCUT2D eigenvalue weighted by atomic mass is 10.1. The Morgan fingerprint density at radius 3 is 3.07 bits per heavy atom. The molecule has 0 fully saturated rings. The summed E-state index contributed by atoms with van der Waals surface area (Å²) in [5.41, 5.74) is 7.84. The Kier molecular flexibility index (Phi) is 2.21. The summed E-state index contributed by atoms with van der Waals surface area (Å²) in [6.45, 7) is 3.88. The zero-order valence-electron chi connectivity index (χ0n) is 8.44. The molecule has 0 saturated heterocycles. The number of nitrogens with zero attached hydrogens (tertiary/aromatic N) is 3. The average molecular weight is 190 g/mol. The zero-order valence-corrected chi connectivity index (χ0v) is 8.44. The monoisotopic (exact) mass is 190 g/mol. The first-order valence-corrected chi connectivity index (χ1v) is 4.73. The van der Waals surface area contributed by atoms with Gasteiger partial charge in [0.05, 0.1) is 0 Å². The smallest absolute Gasteiger partial charge is 0.158 e. The second-order valence-corrected chi connectivity index (χ2v) is 3.64. The predicted molar refractivity (Wildman–Crippen MR) is 55.1 cm³/mol. The van der Waals surface area contributed by atoms with Gasteiger partial charge in [-0.25, -0.2) is 9.50 Å². The number of fused-ring (bicyclic) bond motifs is 1. The number of nitrogens with two attached hydrogens (primary N) is 1. The van der Waals surface area contributed by atoms with Crippen LogP contribution in [0, 0.1) is 6.92 Å². The van der Waals surface area contributed by atoms with E-state index in [1.165, 1.54) is 0 Å². The maximum Gasteiger partial charge on any atom is 0.158 e. The van der Waals surface area contributed by atoms with Crippen molar-refractivity contribution in [1.29, 1.82) is 0 Å². The number of aromatic nitrogens is 3. The fourth-order valence-electron chi connectivity index (χ4n) is 1.57. The van der Waals surface area contributed by atoms with E-state index in [1.54, 1.807) is 4.52 Å². The van der Waals surface area contributed by atoms with Crippen molar-refractivity contribution in [2.24, 2.45) is 5.73 Å². The SMILES string of the molecule is Cc1nc2c(CC(C)N)cccn2n1. The van der Waals surface area contributed by atoms with E-state index in [4.69, 9.17) is 5.73 Å². The molecular formula is C10H14N4. The largest absolute Gasteiger partial charge is 0.328 e. The summed E-state index contributed by atoms with van der Waals surface area (Å²) in [6.07, 6.45) is 2.74. The second-order valence-electron chi connectivity index (χ2n) is 3.64. The van der Waals surface area contributed by atoms with E-state index < -0.39 is 0 Å². The van der Waals surface area contributed by atoms with Crippen LogP contribution in [0.1, 0.15) is 18.3 Å². The topological polar surface area (TPSA) is 56.2 Å². The summed E-state index contributed by atoms with van der Waals surface area (Å²) in [4.78, 5) is 4.36. The highest BCUT2D eigenvalue weighted by molar-refractivity contribution is 5.47. The van der Waals surface area contributed by atoms with Crippen LogP contribution in [-0.2, 0) is 6.42 Å². The van der Waals surface area contributed by atoms with Crippen LogP contribution in [-0.4, -0.2) is 20.6 Å². The normalized spacial score (nSPS) is 13.4. The molecule has 1 atom stereocenters. The van der Waals surface area contributed by atoms with Gasteiger partial charge in [-0.2, -0.15) is 5.10 Å². The van der Waals surface area contributed by atoms with E-state index in [1.807, 2.05) is 32.2 Å². The summed E-state index contributed by atoms with van der Waals surface area (Å²) < 4.78 is 1.80. The number of hydrogen-bond donors (Lipinski definition) is 1. The molecule has 0 aliphatic heterocycles. The second kappa shape index (κ2) is 3.38.